The molecule has 0 aliphatic heterocycles. The lowest BCUT2D eigenvalue weighted by atomic mass is 10.00. The summed E-state index contributed by atoms with van der Waals surface area (Å²) in [6.45, 7) is 2.95. The van der Waals surface area contributed by atoms with Crippen molar-refractivity contribution in [2.75, 3.05) is 20.7 Å². The number of phenols is 1. The lowest BCUT2D eigenvalue weighted by Gasteiger charge is -2.15. The Morgan fingerprint density at radius 1 is 1.50 bits per heavy atom. The smallest absolute Gasteiger partial charge is 0.122 e. The van der Waals surface area contributed by atoms with Crippen LogP contribution in [0.2, 0.25) is 0 Å². The highest BCUT2D eigenvalue weighted by atomic mass is 16.5. The van der Waals surface area contributed by atoms with Crippen LogP contribution in [-0.4, -0.2) is 25.8 Å². The summed E-state index contributed by atoms with van der Waals surface area (Å²) in [7, 11) is 3.55. The number of methoxy groups -OCH3 is 1. The first kappa shape index (κ1) is 10.9. The number of nitrogens with one attached hydrogen (secondary N) is 1. The Balaban J connectivity index is 2.97. The van der Waals surface area contributed by atoms with Crippen LogP contribution in [-0.2, 0) is 0 Å². The fourth-order valence-electron chi connectivity index (χ4n) is 1.52. The molecular weight excluding hydrogens is 178 g/mol. The molecule has 1 aromatic rings. The molecule has 3 nitrogen and oxygen atoms in total. The van der Waals surface area contributed by atoms with Gasteiger partial charge in [0.2, 0.25) is 0 Å². The minimum Gasteiger partial charge on any atom is -0.508 e. The fraction of sp³-hybridized carbons (Fsp3) is 0.455. The third-order valence-electron chi connectivity index (χ3n) is 2.25. The molecule has 78 valence electrons. The Bertz CT molecular complexity index is 299. The Morgan fingerprint density at radius 3 is 2.79 bits per heavy atom. The van der Waals surface area contributed by atoms with E-state index in [9.17, 15) is 5.11 Å². The zero-order valence-electron chi connectivity index (χ0n) is 8.87. The van der Waals surface area contributed by atoms with E-state index in [1.807, 2.05) is 7.05 Å². The minimum atomic E-state index is 0.281. The highest BCUT2D eigenvalue weighted by Crippen LogP contribution is 2.29. The summed E-state index contributed by atoms with van der Waals surface area (Å²) in [5.41, 5.74) is 1.03. The molecule has 1 aromatic carbocycles. The van der Waals surface area contributed by atoms with Crippen molar-refractivity contribution in [2.45, 2.75) is 12.8 Å². The predicted octanol–water partition coefficient (Wildman–Crippen LogP) is 1.72. The SMILES string of the molecule is CNCC(C)c1cc(O)ccc1OC. The molecular formula is C11H17NO2. The normalized spacial score (nSPS) is 12.5. The molecule has 0 radical (unpaired) electrons. The molecule has 0 bridgehead atoms. The van der Waals surface area contributed by atoms with Gasteiger partial charge in [-0.3, -0.25) is 0 Å². The van der Waals surface area contributed by atoms with E-state index < -0.39 is 0 Å². The zero-order chi connectivity index (χ0) is 10.6. The van der Waals surface area contributed by atoms with Gasteiger partial charge in [0.25, 0.3) is 0 Å². The number of likely N-dealkylation sites (N-methyl/N-ethyl adjacent to an activating group) is 1. The summed E-state index contributed by atoms with van der Waals surface area (Å²) in [6, 6.07) is 5.17. The van der Waals surface area contributed by atoms with E-state index in [1.165, 1.54) is 0 Å². The topological polar surface area (TPSA) is 41.5 Å². The van der Waals surface area contributed by atoms with Gasteiger partial charge < -0.3 is 15.2 Å². The largest absolute Gasteiger partial charge is 0.508 e. The van der Waals surface area contributed by atoms with Crippen molar-refractivity contribution in [3.8, 4) is 11.5 Å². The van der Waals surface area contributed by atoms with Crippen LogP contribution in [0.1, 0.15) is 18.4 Å². The van der Waals surface area contributed by atoms with Crippen molar-refractivity contribution in [3.05, 3.63) is 23.8 Å². The molecule has 0 amide bonds. The van der Waals surface area contributed by atoms with E-state index in [2.05, 4.69) is 12.2 Å². The van der Waals surface area contributed by atoms with Crippen LogP contribution in [0.25, 0.3) is 0 Å². The van der Waals surface area contributed by atoms with E-state index in [1.54, 1.807) is 25.3 Å². The maximum Gasteiger partial charge on any atom is 0.122 e. The number of ether oxygens (including phenoxy) is 1. The monoisotopic (exact) mass is 195 g/mol. The molecule has 1 unspecified atom stereocenters. The molecule has 0 spiro atoms. The molecule has 0 fully saturated rings. The summed E-state index contributed by atoms with van der Waals surface area (Å²) < 4.78 is 5.23. The van der Waals surface area contributed by atoms with Gasteiger partial charge in [-0.15, -0.1) is 0 Å². The van der Waals surface area contributed by atoms with Gasteiger partial charge in [0.05, 0.1) is 7.11 Å². The number of hydrogen-bond acceptors (Lipinski definition) is 3. The fourth-order valence-corrected chi connectivity index (χ4v) is 1.52. The van der Waals surface area contributed by atoms with Crippen LogP contribution in [0, 0.1) is 0 Å². The molecule has 1 atom stereocenters. The number of hydrogen-bond donors (Lipinski definition) is 2. The molecule has 14 heavy (non-hydrogen) atoms. The molecule has 1 rings (SSSR count). The highest BCUT2D eigenvalue weighted by molar-refractivity contribution is 5.41. The molecule has 0 aromatic heterocycles. The van der Waals surface area contributed by atoms with Gasteiger partial charge in [-0.2, -0.15) is 0 Å². The molecule has 0 saturated heterocycles. The van der Waals surface area contributed by atoms with Gasteiger partial charge >= 0.3 is 0 Å². The first-order valence-corrected chi connectivity index (χ1v) is 4.70. The molecule has 0 saturated carbocycles. The van der Waals surface area contributed by atoms with Crippen LogP contribution in [0.4, 0.5) is 0 Å². The van der Waals surface area contributed by atoms with Crippen LogP contribution >= 0.6 is 0 Å². The summed E-state index contributed by atoms with van der Waals surface area (Å²) in [4.78, 5) is 0. The Kier molecular flexibility index (Phi) is 3.77. The van der Waals surface area contributed by atoms with Crippen molar-refractivity contribution in [3.63, 3.8) is 0 Å². The van der Waals surface area contributed by atoms with Crippen molar-refractivity contribution >= 4 is 0 Å². The second-order valence-corrected chi connectivity index (χ2v) is 3.38. The van der Waals surface area contributed by atoms with Gasteiger partial charge in [0, 0.05) is 12.1 Å². The van der Waals surface area contributed by atoms with Gasteiger partial charge in [-0.1, -0.05) is 6.92 Å². The van der Waals surface area contributed by atoms with E-state index in [0.29, 0.717) is 5.92 Å². The average molecular weight is 195 g/mol. The third-order valence-corrected chi connectivity index (χ3v) is 2.25. The summed E-state index contributed by atoms with van der Waals surface area (Å²) >= 11 is 0. The van der Waals surface area contributed by atoms with Crippen molar-refractivity contribution < 1.29 is 9.84 Å². The average Bonchev–Trinajstić information content (AvgIpc) is 2.18. The lowest BCUT2D eigenvalue weighted by molar-refractivity contribution is 0.402. The van der Waals surface area contributed by atoms with E-state index >= 15 is 0 Å². The Morgan fingerprint density at radius 2 is 2.21 bits per heavy atom. The highest BCUT2D eigenvalue weighted by Gasteiger charge is 2.11. The first-order chi connectivity index (χ1) is 6.69. The number of aromatic hydroxyl groups is 1. The number of rotatable bonds is 4. The molecule has 0 aliphatic rings. The van der Waals surface area contributed by atoms with Gasteiger partial charge in [-0.25, -0.2) is 0 Å². The zero-order valence-corrected chi connectivity index (χ0v) is 8.87. The Hall–Kier alpha value is -1.22. The van der Waals surface area contributed by atoms with Crippen molar-refractivity contribution in [1.29, 1.82) is 0 Å². The maximum atomic E-state index is 9.37. The van der Waals surface area contributed by atoms with E-state index in [0.717, 1.165) is 17.9 Å². The second kappa shape index (κ2) is 4.86. The van der Waals surface area contributed by atoms with Crippen LogP contribution < -0.4 is 10.1 Å². The lowest BCUT2D eigenvalue weighted by Crippen LogP contribution is -2.15. The second-order valence-electron chi connectivity index (χ2n) is 3.38. The minimum absolute atomic E-state index is 0.281. The Labute approximate surface area is 84.7 Å². The maximum absolute atomic E-state index is 9.37. The predicted molar refractivity (Wildman–Crippen MR) is 57.0 cm³/mol. The molecule has 0 aliphatic carbocycles. The molecule has 2 N–H and O–H groups in total. The van der Waals surface area contributed by atoms with Gasteiger partial charge in [-0.05, 0) is 31.2 Å². The van der Waals surface area contributed by atoms with E-state index in [-0.39, 0.29) is 5.75 Å². The van der Waals surface area contributed by atoms with Crippen molar-refractivity contribution in [2.24, 2.45) is 0 Å². The standard InChI is InChI=1S/C11H17NO2/c1-8(7-12-2)10-6-9(13)4-5-11(10)14-3/h4-6,8,12-13H,7H2,1-3H3. The van der Waals surface area contributed by atoms with Gasteiger partial charge in [0.1, 0.15) is 11.5 Å². The van der Waals surface area contributed by atoms with Crippen molar-refractivity contribution in [1.82, 2.24) is 5.32 Å². The molecule has 3 heteroatoms. The summed E-state index contributed by atoms with van der Waals surface area (Å²) in [5, 5.41) is 12.5. The third kappa shape index (κ3) is 2.39. The molecule has 0 heterocycles. The summed E-state index contributed by atoms with van der Waals surface area (Å²) in [6.07, 6.45) is 0. The van der Waals surface area contributed by atoms with Crippen LogP contribution in [0.3, 0.4) is 0 Å². The number of benzene rings is 1. The van der Waals surface area contributed by atoms with Gasteiger partial charge in [0.15, 0.2) is 0 Å². The van der Waals surface area contributed by atoms with E-state index in [4.69, 9.17) is 4.74 Å². The number of phenolic OH excluding ortho intramolecular Hbond substituents is 1. The first-order valence-electron chi connectivity index (χ1n) is 4.70. The quantitative estimate of drug-likeness (QED) is 0.768. The summed E-state index contributed by atoms with van der Waals surface area (Å²) in [5.74, 6) is 1.43. The van der Waals surface area contributed by atoms with Crippen LogP contribution in [0.5, 0.6) is 11.5 Å². The van der Waals surface area contributed by atoms with Crippen LogP contribution in [0.15, 0.2) is 18.2 Å².